The third-order valence-electron chi connectivity index (χ3n) is 3.57. The second-order valence-corrected chi connectivity index (χ2v) is 5.40. The topological polar surface area (TPSA) is 93.3 Å². The van der Waals surface area contributed by atoms with E-state index in [1.807, 2.05) is 25.1 Å². The maximum Gasteiger partial charge on any atom is 0.229 e. The molecule has 2 aromatic rings. The molecule has 0 spiro atoms. The lowest BCUT2D eigenvalue weighted by molar-refractivity contribution is -0.0110. The number of benzene rings is 1. The molecule has 0 radical (unpaired) electrons. The number of nitrogen functional groups attached to an aromatic ring is 1. The molecule has 1 heterocycles. The van der Waals surface area contributed by atoms with Gasteiger partial charge in [0.25, 0.3) is 0 Å². The third-order valence-corrected chi connectivity index (χ3v) is 3.57. The van der Waals surface area contributed by atoms with E-state index in [1.54, 1.807) is 0 Å². The minimum Gasteiger partial charge on any atom is -0.490 e. The van der Waals surface area contributed by atoms with E-state index < -0.39 is 5.82 Å². The smallest absolute Gasteiger partial charge is 0.229 e. The van der Waals surface area contributed by atoms with Crippen molar-refractivity contribution in [2.45, 2.75) is 32.0 Å². The van der Waals surface area contributed by atoms with E-state index in [0.717, 1.165) is 23.2 Å². The molecule has 0 aliphatic heterocycles. The van der Waals surface area contributed by atoms with Crippen LogP contribution in [0.3, 0.4) is 0 Å². The number of hydrogen-bond donors (Lipinski definition) is 3. The first-order chi connectivity index (χ1) is 10.5. The summed E-state index contributed by atoms with van der Waals surface area (Å²) in [4.78, 5) is 7.65. The molecule has 0 bridgehead atoms. The fourth-order valence-electron chi connectivity index (χ4n) is 2.24. The fourth-order valence-corrected chi connectivity index (χ4v) is 2.24. The largest absolute Gasteiger partial charge is 0.490 e. The lowest BCUT2D eigenvalue weighted by Crippen LogP contribution is -2.37. The number of hydrogen-bond acceptors (Lipinski definition) is 6. The van der Waals surface area contributed by atoms with Crippen molar-refractivity contribution < 1.29 is 14.2 Å². The van der Waals surface area contributed by atoms with Gasteiger partial charge in [0.15, 0.2) is 11.6 Å². The van der Waals surface area contributed by atoms with Crippen molar-refractivity contribution in [1.29, 1.82) is 0 Å². The monoisotopic (exact) mass is 304 g/mol. The summed E-state index contributed by atoms with van der Waals surface area (Å²) in [5.74, 6) is 0.168. The van der Waals surface area contributed by atoms with E-state index in [2.05, 4.69) is 15.3 Å². The molecule has 6 nitrogen and oxygen atoms in total. The van der Waals surface area contributed by atoms with Gasteiger partial charge in [-0.05, 0) is 30.7 Å². The van der Waals surface area contributed by atoms with Crippen LogP contribution in [-0.2, 0) is 0 Å². The molecule has 0 atom stereocenters. The molecule has 1 aliphatic carbocycles. The van der Waals surface area contributed by atoms with Crippen LogP contribution in [0.2, 0.25) is 0 Å². The maximum atomic E-state index is 13.0. The van der Waals surface area contributed by atoms with Crippen LogP contribution >= 0.6 is 0 Å². The van der Waals surface area contributed by atoms with Gasteiger partial charge in [0.1, 0.15) is 11.9 Å². The summed E-state index contributed by atoms with van der Waals surface area (Å²) in [6, 6.07) is 5.54. The molecule has 1 aromatic heterocycles. The lowest BCUT2D eigenvalue weighted by atomic mass is 9.92. The molecule has 116 valence electrons. The van der Waals surface area contributed by atoms with Crippen LogP contribution < -0.4 is 15.8 Å². The predicted molar refractivity (Wildman–Crippen MR) is 80.5 cm³/mol. The number of nitrogens with one attached hydrogen (secondary N) is 1. The van der Waals surface area contributed by atoms with Crippen molar-refractivity contribution in [3.05, 3.63) is 35.8 Å². The normalized spacial score (nSPS) is 20.3. The number of anilines is 3. The molecule has 1 saturated carbocycles. The Bertz CT molecular complexity index is 689. The van der Waals surface area contributed by atoms with Crippen molar-refractivity contribution in [3.8, 4) is 5.75 Å². The average Bonchev–Trinajstić information content (AvgIpc) is 2.44. The second-order valence-electron chi connectivity index (χ2n) is 5.40. The van der Waals surface area contributed by atoms with E-state index >= 15 is 0 Å². The van der Waals surface area contributed by atoms with E-state index in [9.17, 15) is 9.50 Å². The summed E-state index contributed by atoms with van der Waals surface area (Å²) in [6.07, 6.45) is 2.20. The molecule has 22 heavy (non-hydrogen) atoms. The van der Waals surface area contributed by atoms with Gasteiger partial charge >= 0.3 is 0 Å². The Morgan fingerprint density at radius 2 is 2.18 bits per heavy atom. The molecule has 0 amide bonds. The van der Waals surface area contributed by atoms with Crippen LogP contribution in [0, 0.1) is 12.7 Å². The first kappa shape index (κ1) is 14.5. The van der Waals surface area contributed by atoms with E-state index in [1.165, 1.54) is 0 Å². The Morgan fingerprint density at radius 1 is 1.41 bits per heavy atom. The van der Waals surface area contributed by atoms with Crippen molar-refractivity contribution in [1.82, 2.24) is 9.97 Å². The summed E-state index contributed by atoms with van der Waals surface area (Å²) < 4.78 is 18.8. The molecule has 1 aliphatic rings. The zero-order valence-corrected chi connectivity index (χ0v) is 12.1. The first-order valence-corrected chi connectivity index (χ1v) is 7.01. The van der Waals surface area contributed by atoms with Crippen LogP contribution in [0.5, 0.6) is 5.75 Å². The number of nitrogens with zero attached hydrogens (tertiary/aromatic N) is 2. The number of aliphatic hydroxyl groups is 1. The van der Waals surface area contributed by atoms with Crippen molar-refractivity contribution >= 4 is 17.5 Å². The SMILES string of the molecule is Cc1cc(Nc2ncc(F)c(N)n2)ccc1OC1CC(O)C1. The fraction of sp³-hybridized carbons (Fsp3) is 0.333. The quantitative estimate of drug-likeness (QED) is 0.801. The number of nitrogens with two attached hydrogens (primary N) is 1. The Kier molecular flexibility index (Phi) is 3.81. The van der Waals surface area contributed by atoms with Gasteiger partial charge in [0.05, 0.1) is 12.3 Å². The summed E-state index contributed by atoms with van der Waals surface area (Å²) in [7, 11) is 0. The molecular formula is C15H17FN4O2. The van der Waals surface area contributed by atoms with Crippen molar-refractivity contribution in [2.75, 3.05) is 11.1 Å². The summed E-state index contributed by atoms with van der Waals surface area (Å²) in [5.41, 5.74) is 7.11. The lowest BCUT2D eigenvalue weighted by Gasteiger charge is -2.32. The molecule has 4 N–H and O–H groups in total. The predicted octanol–water partition coefficient (Wildman–Crippen LogP) is 2.15. The highest BCUT2D eigenvalue weighted by atomic mass is 19.1. The number of ether oxygens (including phenoxy) is 1. The number of rotatable bonds is 4. The highest BCUT2D eigenvalue weighted by Crippen LogP contribution is 2.29. The summed E-state index contributed by atoms with van der Waals surface area (Å²) >= 11 is 0. The van der Waals surface area contributed by atoms with E-state index in [0.29, 0.717) is 12.8 Å². The van der Waals surface area contributed by atoms with Gasteiger partial charge < -0.3 is 20.9 Å². The van der Waals surface area contributed by atoms with Crippen molar-refractivity contribution in [3.63, 3.8) is 0 Å². The van der Waals surface area contributed by atoms with Gasteiger partial charge in [-0.1, -0.05) is 0 Å². The zero-order valence-electron chi connectivity index (χ0n) is 12.1. The molecule has 1 fully saturated rings. The second kappa shape index (κ2) is 5.76. The highest BCUT2D eigenvalue weighted by Gasteiger charge is 2.29. The van der Waals surface area contributed by atoms with Crippen molar-refractivity contribution in [2.24, 2.45) is 0 Å². The van der Waals surface area contributed by atoms with Gasteiger partial charge in [-0.25, -0.2) is 9.37 Å². The van der Waals surface area contributed by atoms with Crippen LogP contribution in [-0.4, -0.2) is 27.3 Å². The highest BCUT2D eigenvalue weighted by molar-refractivity contribution is 5.57. The Hall–Kier alpha value is -2.41. The number of aliphatic hydroxyl groups excluding tert-OH is 1. The molecule has 3 rings (SSSR count). The molecule has 0 unspecified atom stereocenters. The summed E-state index contributed by atoms with van der Waals surface area (Å²) in [5, 5.41) is 12.2. The maximum absolute atomic E-state index is 13.0. The van der Waals surface area contributed by atoms with Gasteiger partial charge in [0.2, 0.25) is 5.95 Å². The first-order valence-electron chi connectivity index (χ1n) is 7.01. The minimum absolute atomic E-state index is 0.0766. The molecule has 7 heteroatoms. The Morgan fingerprint density at radius 3 is 2.82 bits per heavy atom. The van der Waals surface area contributed by atoms with Gasteiger partial charge in [-0.3, -0.25) is 0 Å². The van der Waals surface area contributed by atoms with Gasteiger partial charge in [-0.2, -0.15) is 4.98 Å². The molecule has 1 aromatic carbocycles. The van der Waals surface area contributed by atoms with Crippen LogP contribution in [0.4, 0.5) is 21.8 Å². The van der Waals surface area contributed by atoms with Crippen LogP contribution in [0.15, 0.2) is 24.4 Å². The molecular weight excluding hydrogens is 287 g/mol. The standard InChI is InChI=1S/C15H17FN4O2/c1-8-4-9(19-15-18-7-12(16)14(17)20-15)2-3-13(8)22-11-5-10(21)6-11/h2-4,7,10-11,21H,5-6H2,1H3,(H3,17,18,19,20). The number of halogens is 1. The number of aromatic nitrogens is 2. The van der Waals surface area contributed by atoms with Gasteiger partial charge in [-0.15, -0.1) is 0 Å². The summed E-state index contributed by atoms with van der Waals surface area (Å²) in [6.45, 7) is 1.93. The Balaban J connectivity index is 1.69. The van der Waals surface area contributed by atoms with E-state index in [4.69, 9.17) is 10.5 Å². The minimum atomic E-state index is -0.645. The van der Waals surface area contributed by atoms with Crippen LogP contribution in [0.1, 0.15) is 18.4 Å². The average molecular weight is 304 g/mol. The third kappa shape index (κ3) is 3.09. The Labute approximate surface area is 127 Å². The zero-order chi connectivity index (χ0) is 15.7. The number of aryl methyl sites for hydroxylation is 1. The van der Waals surface area contributed by atoms with Gasteiger partial charge in [0, 0.05) is 18.5 Å². The molecule has 0 saturated heterocycles. The van der Waals surface area contributed by atoms with Crippen LogP contribution in [0.25, 0.3) is 0 Å². The van der Waals surface area contributed by atoms with E-state index in [-0.39, 0.29) is 24.0 Å².